The molecule has 34 heavy (non-hydrogen) atoms. The molecule has 0 aliphatic carbocycles. The first-order valence-corrected chi connectivity index (χ1v) is 11.8. The number of pyridine rings is 1. The molecular formula is C27H25N3O3S. The molecule has 172 valence electrons. The van der Waals surface area contributed by atoms with Crippen LogP contribution in [0.1, 0.15) is 52.7 Å². The zero-order chi connectivity index (χ0) is 24.2. The number of hydrogen-bond acceptors (Lipinski definition) is 5. The highest BCUT2D eigenvalue weighted by Crippen LogP contribution is 2.41. The number of carboxylic acid groups (broad SMARTS) is 1. The minimum absolute atomic E-state index is 0.104. The number of anilines is 1. The van der Waals surface area contributed by atoms with Crippen molar-refractivity contribution in [2.75, 3.05) is 5.32 Å². The highest BCUT2D eigenvalue weighted by atomic mass is 32.1. The van der Waals surface area contributed by atoms with Crippen molar-refractivity contribution in [3.63, 3.8) is 0 Å². The van der Waals surface area contributed by atoms with Crippen LogP contribution in [0.3, 0.4) is 0 Å². The van der Waals surface area contributed by atoms with E-state index in [0.717, 1.165) is 37.8 Å². The number of nitrogens with one attached hydrogen (secondary N) is 1. The third kappa shape index (κ3) is 4.89. The van der Waals surface area contributed by atoms with E-state index in [2.05, 4.69) is 16.4 Å². The number of aromatic carboxylic acids is 1. The van der Waals surface area contributed by atoms with Gasteiger partial charge in [0, 0.05) is 24.1 Å². The number of hydrogen-bond donors (Lipinski definition) is 2. The molecule has 0 fully saturated rings. The van der Waals surface area contributed by atoms with Crippen molar-refractivity contribution in [2.24, 2.45) is 0 Å². The molecule has 2 aromatic carbocycles. The summed E-state index contributed by atoms with van der Waals surface area (Å²) in [6.45, 7) is 5.80. The fraction of sp³-hybridized carbons (Fsp3) is 0.185. The van der Waals surface area contributed by atoms with Crippen LogP contribution in [-0.4, -0.2) is 27.0 Å². The van der Waals surface area contributed by atoms with Gasteiger partial charge in [-0.15, -0.1) is 11.3 Å². The Kier molecular flexibility index (Phi) is 6.84. The summed E-state index contributed by atoms with van der Waals surface area (Å²) in [6.07, 6.45) is 2.04. The highest BCUT2D eigenvalue weighted by Gasteiger charge is 2.23. The van der Waals surface area contributed by atoms with Gasteiger partial charge in [0.05, 0.1) is 16.1 Å². The van der Waals surface area contributed by atoms with Gasteiger partial charge in [-0.05, 0) is 42.3 Å². The van der Waals surface area contributed by atoms with E-state index in [0.29, 0.717) is 12.2 Å². The summed E-state index contributed by atoms with van der Waals surface area (Å²) in [7, 11) is 0. The fourth-order valence-electron chi connectivity index (χ4n) is 3.78. The highest BCUT2D eigenvalue weighted by molar-refractivity contribution is 7.15. The molecule has 0 aliphatic heterocycles. The van der Waals surface area contributed by atoms with Gasteiger partial charge in [-0.1, -0.05) is 55.8 Å². The topological polar surface area (TPSA) is 92.2 Å². The number of rotatable bonds is 7. The van der Waals surface area contributed by atoms with E-state index in [1.165, 1.54) is 11.3 Å². The van der Waals surface area contributed by atoms with Crippen LogP contribution < -0.4 is 5.32 Å². The van der Waals surface area contributed by atoms with E-state index in [9.17, 15) is 14.7 Å². The molecule has 1 amide bonds. The van der Waals surface area contributed by atoms with Gasteiger partial charge in [0.25, 0.3) is 0 Å². The third-order valence-corrected chi connectivity index (χ3v) is 6.86. The van der Waals surface area contributed by atoms with Crippen molar-refractivity contribution in [1.82, 2.24) is 9.97 Å². The minimum Gasteiger partial charge on any atom is -0.478 e. The zero-order valence-corrected chi connectivity index (χ0v) is 20.0. The van der Waals surface area contributed by atoms with Gasteiger partial charge in [0.2, 0.25) is 5.91 Å². The smallest absolute Gasteiger partial charge is 0.335 e. The van der Waals surface area contributed by atoms with Crippen LogP contribution in [0.4, 0.5) is 5.82 Å². The van der Waals surface area contributed by atoms with Crippen molar-refractivity contribution in [2.45, 2.75) is 33.1 Å². The van der Waals surface area contributed by atoms with Crippen LogP contribution >= 0.6 is 11.3 Å². The van der Waals surface area contributed by atoms with E-state index < -0.39 is 5.97 Å². The predicted molar refractivity (Wildman–Crippen MR) is 135 cm³/mol. The lowest BCUT2D eigenvalue weighted by atomic mass is 9.96. The minimum atomic E-state index is -0.955. The third-order valence-electron chi connectivity index (χ3n) is 5.57. The summed E-state index contributed by atoms with van der Waals surface area (Å²) in [5.74, 6) is -0.787. The molecule has 0 spiro atoms. The molecule has 7 heteroatoms. The van der Waals surface area contributed by atoms with Gasteiger partial charge >= 0.3 is 5.97 Å². The largest absolute Gasteiger partial charge is 0.478 e. The number of carboxylic acids is 1. The maximum absolute atomic E-state index is 11.9. The van der Waals surface area contributed by atoms with Crippen LogP contribution in [0.2, 0.25) is 0 Å². The first-order valence-electron chi connectivity index (χ1n) is 11.0. The Morgan fingerprint density at radius 1 is 1.06 bits per heavy atom. The number of aryl methyl sites for hydroxylation is 1. The molecule has 2 N–H and O–H groups in total. The van der Waals surface area contributed by atoms with Gasteiger partial charge in [-0.2, -0.15) is 0 Å². The molecule has 0 radical (unpaired) electrons. The molecule has 0 saturated heterocycles. The van der Waals surface area contributed by atoms with Gasteiger partial charge in [0.15, 0.2) is 0 Å². The number of benzene rings is 2. The number of aromatic nitrogens is 2. The Bertz CT molecular complexity index is 1360. The van der Waals surface area contributed by atoms with Crippen molar-refractivity contribution in [3.05, 3.63) is 88.6 Å². The molecular weight excluding hydrogens is 446 g/mol. The summed E-state index contributed by atoms with van der Waals surface area (Å²) in [5.41, 5.74) is 4.80. The van der Waals surface area contributed by atoms with Crippen molar-refractivity contribution < 1.29 is 14.7 Å². The normalized spacial score (nSPS) is 11.7. The van der Waals surface area contributed by atoms with E-state index in [4.69, 9.17) is 4.98 Å². The second kappa shape index (κ2) is 9.97. The SMILES string of the molecule is CCC(=O)Nc1cc(-c2sc(C(C)c3ccccc3C(=O)O)nc2-c2cccc(C)c2)ccn1. The van der Waals surface area contributed by atoms with Gasteiger partial charge in [-0.3, -0.25) is 4.79 Å². The van der Waals surface area contributed by atoms with Crippen molar-refractivity contribution in [1.29, 1.82) is 0 Å². The Morgan fingerprint density at radius 3 is 2.59 bits per heavy atom. The Morgan fingerprint density at radius 2 is 1.85 bits per heavy atom. The average Bonchev–Trinajstić information content (AvgIpc) is 3.29. The van der Waals surface area contributed by atoms with Crippen LogP contribution in [0.5, 0.6) is 0 Å². The number of amides is 1. The van der Waals surface area contributed by atoms with Gasteiger partial charge in [0.1, 0.15) is 10.8 Å². The quantitative estimate of drug-likeness (QED) is 0.326. The summed E-state index contributed by atoms with van der Waals surface area (Å²) in [6, 6.07) is 18.9. The molecule has 0 bridgehead atoms. The van der Waals surface area contributed by atoms with Gasteiger partial charge < -0.3 is 10.4 Å². The average molecular weight is 472 g/mol. The molecule has 2 aromatic heterocycles. The predicted octanol–water partition coefficient (Wildman–Crippen LogP) is 6.38. The summed E-state index contributed by atoms with van der Waals surface area (Å²) >= 11 is 1.53. The molecule has 1 unspecified atom stereocenters. The molecule has 2 heterocycles. The number of carbonyl (C=O) groups excluding carboxylic acids is 1. The second-order valence-corrected chi connectivity index (χ2v) is 9.08. The fourth-order valence-corrected chi connectivity index (χ4v) is 4.93. The summed E-state index contributed by atoms with van der Waals surface area (Å²) in [5, 5.41) is 13.3. The lowest BCUT2D eigenvalue weighted by Crippen LogP contribution is -2.10. The van der Waals surface area contributed by atoms with Crippen LogP contribution in [0.25, 0.3) is 21.7 Å². The summed E-state index contributed by atoms with van der Waals surface area (Å²) < 4.78 is 0. The molecule has 4 aromatic rings. The number of thiazole rings is 1. The van der Waals surface area contributed by atoms with Crippen molar-refractivity contribution in [3.8, 4) is 21.7 Å². The van der Waals surface area contributed by atoms with E-state index in [1.807, 2.05) is 56.3 Å². The summed E-state index contributed by atoms with van der Waals surface area (Å²) in [4.78, 5) is 33.9. The molecule has 4 rings (SSSR count). The maximum atomic E-state index is 11.9. The zero-order valence-electron chi connectivity index (χ0n) is 19.2. The Labute approximate surface area is 202 Å². The molecule has 0 aliphatic rings. The molecule has 0 saturated carbocycles. The molecule has 1 atom stereocenters. The van der Waals surface area contributed by atoms with Crippen molar-refractivity contribution >= 4 is 29.0 Å². The van der Waals surface area contributed by atoms with Crippen LogP contribution in [-0.2, 0) is 4.79 Å². The Hall–Kier alpha value is -3.84. The number of nitrogens with zero attached hydrogens (tertiary/aromatic N) is 2. The maximum Gasteiger partial charge on any atom is 0.335 e. The van der Waals surface area contributed by atoms with E-state index in [-0.39, 0.29) is 17.4 Å². The van der Waals surface area contributed by atoms with Gasteiger partial charge in [-0.25, -0.2) is 14.8 Å². The number of carbonyl (C=O) groups is 2. The Balaban J connectivity index is 1.85. The lowest BCUT2D eigenvalue weighted by molar-refractivity contribution is -0.115. The second-order valence-electron chi connectivity index (χ2n) is 8.04. The lowest BCUT2D eigenvalue weighted by Gasteiger charge is -2.11. The monoisotopic (exact) mass is 471 g/mol. The standard InChI is InChI=1S/C27H25N3O3S/c1-4-23(31)29-22-15-19(12-13-28-22)25-24(18-9-7-8-16(2)14-18)30-26(34-25)17(3)20-10-5-6-11-21(20)27(32)33/h5-15,17H,4H2,1-3H3,(H,32,33)(H,28,29,31). The van der Waals surface area contributed by atoms with E-state index in [1.54, 1.807) is 25.3 Å². The van der Waals surface area contributed by atoms with E-state index >= 15 is 0 Å². The molecule has 6 nitrogen and oxygen atoms in total. The first-order chi connectivity index (χ1) is 16.4. The van der Waals surface area contributed by atoms with Crippen LogP contribution in [0, 0.1) is 6.92 Å². The first kappa shape index (κ1) is 23.3. The van der Waals surface area contributed by atoms with Crippen LogP contribution in [0.15, 0.2) is 66.9 Å².